The van der Waals surface area contributed by atoms with Gasteiger partial charge in [-0.3, -0.25) is 0 Å². The van der Waals surface area contributed by atoms with Gasteiger partial charge in [-0.1, -0.05) is 13.3 Å². The fourth-order valence-electron chi connectivity index (χ4n) is 1.43. The van der Waals surface area contributed by atoms with Crippen LogP contribution in [0, 0.1) is 11.7 Å². The predicted octanol–water partition coefficient (Wildman–Crippen LogP) is 2.23. The van der Waals surface area contributed by atoms with Gasteiger partial charge in [0.05, 0.1) is 7.11 Å². The summed E-state index contributed by atoms with van der Waals surface area (Å²) in [5, 5.41) is 3.16. The summed E-state index contributed by atoms with van der Waals surface area (Å²) in [5.74, 6) is 0.329. The summed E-state index contributed by atoms with van der Waals surface area (Å²) in [7, 11) is 1.45. The molecular weight excluding hydrogens is 207 g/mol. The van der Waals surface area contributed by atoms with E-state index in [1.807, 2.05) is 0 Å². The topological polar surface area (TPSA) is 47.3 Å². The number of nitrogens with two attached hydrogens (primary N) is 1. The Morgan fingerprint density at radius 3 is 2.75 bits per heavy atom. The van der Waals surface area contributed by atoms with Gasteiger partial charge < -0.3 is 15.8 Å². The lowest BCUT2D eigenvalue weighted by Crippen LogP contribution is -2.22. The zero-order chi connectivity index (χ0) is 12.0. The first-order chi connectivity index (χ1) is 7.71. The van der Waals surface area contributed by atoms with Crippen molar-refractivity contribution in [3.05, 3.63) is 24.0 Å². The Kier molecular flexibility index (Phi) is 5.05. The first-order valence-electron chi connectivity index (χ1n) is 5.48. The first-order valence-corrected chi connectivity index (χ1v) is 5.48. The number of anilines is 1. The number of ether oxygens (including phenoxy) is 1. The Morgan fingerprint density at radius 1 is 1.50 bits per heavy atom. The molecule has 3 nitrogen and oxygen atoms in total. The first kappa shape index (κ1) is 12.8. The minimum atomic E-state index is -0.353. The van der Waals surface area contributed by atoms with Crippen molar-refractivity contribution >= 4 is 5.69 Å². The minimum absolute atomic E-state index is 0.261. The van der Waals surface area contributed by atoms with Crippen molar-refractivity contribution in [3.63, 3.8) is 0 Å². The summed E-state index contributed by atoms with van der Waals surface area (Å²) in [6.07, 6.45) is 1.02. The second-order valence-electron chi connectivity index (χ2n) is 3.74. The number of methoxy groups -OCH3 is 1. The lowest BCUT2D eigenvalue weighted by Gasteiger charge is -2.14. The highest BCUT2D eigenvalue weighted by Gasteiger charge is 2.06. The normalized spacial score (nSPS) is 12.2. The van der Waals surface area contributed by atoms with Gasteiger partial charge in [0.1, 0.15) is 0 Å². The highest BCUT2D eigenvalue weighted by molar-refractivity contribution is 5.47. The molecule has 0 aliphatic rings. The Bertz CT molecular complexity index is 327. The molecule has 0 aromatic heterocycles. The van der Waals surface area contributed by atoms with Crippen molar-refractivity contribution in [1.82, 2.24) is 0 Å². The number of nitrogens with one attached hydrogen (secondary N) is 1. The molecule has 1 unspecified atom stereocenters. The van der Waals surface area contributed by atoms with Gasteiger partial charge in [0.15, 0.2) is 11.6 Å². The van der Waals surface area contributed by atoms with Gasteiger partial charge in [0.25, 0.3) is 0 Å². The molecule has 4 heteroatoms. The van der Waals surface area contributed by atoms with Crippen LogP contribution in [0.25, 0.3) is 0 Å². The van der Waals surface area contributed by atoms with Crippen LogP contribution < -0.4 is 15.8 Å². The van der Waals surface area contributed by atoms with E-state index in [4.69, 9.17) is 10.5 Å². The fraction of sp³-hybridized carbons (Fsp3) is 0.500. The number of hydrogen-bond donors (Lipinski definition) is 2. The second kappa shape index (κ2) is 6.33. The second-order valence-corrected chi connectivity index (χ2v) is 3.74. The Hall–Kier alpha value is -1.29. The lowest BCUT2D eigenvalue weighted by atomic mass is 10.1. The molecule has 1 atom stereocenters. The SMILES string of the molecule is CCC(CN)CNc1ccc(OC)c(F)c1. The van der Waals surface area contributed by atoms with Crippen molar-refractivity contribution in [3.8, 4) is 5.75 Å². The summed E-state index contributed by atoms with van der Waals surface area (Å²) >= 11 is 0. The van der Waals surface area contributed by atoms with Crippen molar-refractivity contribution in [2.75, 3.05) is 25.5 Å². The highest BCUT2D eigenvalue weighted by atomic mass is 19.1. The number of rotatable bonds is 6. The van der Waals surface area contributed by atoms with Crippen LogP contribution in [0.15, 0.2) is 18.2 Å². The molecule has 0 fully saturated rings. The maximum absolute atomic E-state index is 13.3. The van der Waals surface area contributed by atoms with E-state index in [0.717, 1.165) is 18.7 Å². The van der Waals surface area contributed by atoms with Gasteiger partial charge in [0, 0.05) is 18.3 Å². The monoisotopic (exact) mass is 226 g/mol. The average Bonchev–Trinajstić information content (AvgIpc) is 2.30. The van der Waals surface area contributed by atoms with Crippen LogP contribution in [-0.2, 0) is 0 Å². The predicted molar refractivity (Wildman–Crippen MR) is 64.3 cm³/mol. The largest absolute Gasteiger partial charge is 0.494 e. The third kappa shape index (κ3) is 3.38. The molecule has 0 saturated heterocycles. The van der Waals surface area contributed by atoms with E-state index in [-0.39, 0.29) is 11.6 Å². The molecule has 0 bridgehead atoms. The smallest absolute Gasteiger partial charge is 0.167 e. The molecule has 0 saturated carbocycles. The van der Waals surface area contributed by atoms with E-state index in [1.165, 1.54) is 13.2 Å². The van der Waals surface area contributed by atoms with Crippen molar-refractivity contribution < 1.29 is 9.13 Å². The van der Waals surface area contributed by atoms with Crippen LogP contribution in [-0.4, -0.2) is 20.2 Å². The van der Waals surface area contributed by atoms with Crippen LogP contribution in [0.1, 0.15) is 13.3 Å². The number of hydrogen-bond acceptors (Lipinski definition) is 3. The molecule has 0 radical (unpaired) electrons. The summed E-state index contributed by atoms with van der Waals surface area (Å²) in [6, 6.07) is 4.84. The molecule has 0 amide bonds. The standard InChI is InChI=1S/C12H19FN2O/c1-3-9(7-14)8-15-10-4-5-12(16-2)11(13)6-10/h4-6,9,15H,3,7-8,14H2,1-2H3. The third-order valence-electron chi connectivity index (χ3n) is 2.66. The molecule has 1 aromatic rings. The maximum atomic E-state index is 13.3. The van der Waals surface area contributed by atoms with Gasteiger partial charge in [-0.2, -0.15) is 0 Å². The molecule has 3 N–H and O–H groups in total. The molecule has 16 heavy (non-hydrogen) atoms. The van der Waals surface area contributed by atoms with E-state index in [0.29, 0.717) is 12.5 Å². The van der Waals surface area contributed by atoms with Crippen molar-refractivity contribution in [2.24, 2.45) is 11.7 Å². The fourth-order valence-corrected chi connectivity index (χ4v) is 1.43. The molecule has 1 aromatic carbocycles. The van der Waals surface area contributed by atoms with Crippen molar-refractivity contribution in [1.29, 1.82) is 0 Å². The lowest BCUT2D eigenvalue weighted by molar-refractivity contribution is 0.386. The van der Waals surface area contributed by atoms with Crippen molar-refractivity contribution in [2.45, 2.75) is 13.3 Å². The molecule has 0 aliphatic heterocycles. The van der Waals surface area contributed by atoms with Gasteiger partial charge in [-0.25, -0.2) is 4.39 Å². The van der Waals surface area contributed by atoms with Crippen LogP contribution in [0.2, 0.25) is 0 Å². The Balaban J connectivity index is 2.58. The summed E-state index contributed by atoms with van der Waals surface area (Å²) in [4.78, 5) is 0. The highest BCUT2D eigenvalue weighted by Crippen LogP contribution is 2.20. The van der Waals surface area contributed by atoms with E-state index in [9.17, 15) is 4.39 Å². The number of benzene rings is 1. The van der Waals surface area contributed by atoms with E-state index in [1.54, 1.807) is 12.1 Å². The molecule has 0 heterocycles. The molecule has 1 rings (SSSR count). The van der Waals surface area contributed by atoms with Crippen LogP contribution in [0.4, 0.5) is 10.1 Å². The maximum Gasteiger partial charge on any atom is 0.167 e. The van der Waals surface area contributed by atoms with E-state index in [2.05, 4.69) is 12.2 Å². The summed E-state index contributed by atoms with van der Waals surface area (Å²) < 4.78 is 18.2. The van der Waals surface area contributed by atoms with Gasteiger partial charge >= 0.3 is 0 Å². The molecular formula is C12H19FN2O. The molecule has 0 spiro atoms. The van der Waals surface area contributed by atoms with Crippen LogP contribution in [0.5, 0.6) is 5.75 Å². The molecule has 0 aliphatic carbocycles. The summed E-state index contributed by atoms with van der Waals surface area (Å²) in [6.45, 7) is 3.49. The van der Waals surface area contributed by atoms with Gasteiger partial charge in [-0.15, -0.1) is 0 Å². The summed E-state index contributed by atoms with van der Waals surface area (Å²) in [5.41, 5.74) is 6.34. The zero-order valence-electron chi connectivity index (χ0n) is 9.79. The van der Waals surface area contributed by atoms with E-state index < -0.39 is 0 Å². The molecule has 90 valence electrons. The van der Waals surface area contributed by atoms with Gasteiger partial charge in [0.2, 0.25) is 0 Å². The Labute approximate surface area is 95.8 Å². The van der Waals surface area contributed by atoms with Gasteiger partial charge in [-0.05, 0) is 24.6 Å². The third-order valence-corrected chi connectivity index (χ3v) is 2.66. The minimum Gasteiger partial charge on any atom is -0.494 e. The van der Waals surface area contributed by atoms with E-state index >= 15 is 0 Å². The quantitative estimate of drug-likeness (QED) is 0.782. The Morgan fingerprint density at radius 2 is 2.25 bits per heavy atom. The average molecular weight is 226 g/mol. The number of halogens is 1. The van der Waals surface area contributed by atoms with Crippen LogP contribution in [0.3, 0.4) is 0 Å². The van der Waals surface area contributed by atoms with Crippen LogP contribution >= 0.6 is 0 Å². The zero-order valence-corrected chi connectivity index (χ0v) is 9.79.